The van der Waals surface area contributed by atoms with Crippen LogP contribution in [-0.2, 0) is 0 Å². The van der Waals surface area contributed by atoms with E-state index in [1.807, 2.05) is 0 Å². The van der Waals surface area contributed by atoms with Crippen molar-refractivity contribution in [3.05, 3.63) is 42.0 Å². The van der Waals surface area contributed by atoms with E-state index in [-0.39, 0.29) is 0 Å². The molecule has 2 rings (SSSR count). The van der Waals surface area contributed by atoms with E-state index >= 15 is 0 Å². The SMILES string of the molecule is CCCCCOc1ccc(C(=N)N(CCCC)CCCC)c2ccccc12. The second-order valence-corrected chi connectivity index (χ2v) is 7.26. The summed E-state index contributed by atoms with van der Waals surface area (Å²) >= 11 is 0. The van der Waals surface area contributed by atoms with Gasteiger partial charge in [0.2, 0.25) is 0 Å². The maximum Gasteiger partial charge on any atom is 0.128 e. The molecule has 0 fully saturated rings. The molecule has 3 nitrogen and oxygen atoms in total. The number of ether oxygens (including phenoxy) is 1. The van der Waals surface area contributed by atoms with Crippen molar-refractivity contribution in [2.75, 3.05) is 19.7 Å². The molecular weight excluding hydrogens is 332 g/mol. The molecule has 0 saturated heterocycles. The Morgan fingerprint density at radius 3 is 2.07 bits per heavy atom. The molecule has 27 heavy (non-hydrogen) atoms. The molecular formula is C24H36N2O. The number of rotatable bonds is 12. The van der Waals surface area contributed by atoms with Crippen LogP contribution in [0.15, 0.2) is 36.4 Å². The fraction of sp³-hybridized carbons (Fsp3) is 0.542. The van der Waals surface area contributed by atoms with Gasteiger partial charge in [0.25, 0.3) is 0 Å². The zero-order valence-corrected chi connectivity index (χ0v) is 17.4. The molecule has 0 aliphatic rings. The number of unbranched alkanes of at least 4 members (excludes halogenated alkanes) is 4. The summed E-state index contributed by atoms with van der Waals surface area (Å²) in [6.07, 6.45) is 8.05. The van der Waals surface area contributed by atoms with Gasteiger partial charge in [0, 0.05) is 24.0 Å². The minimum absolute atomic E-state index is 0.644. The Balaban J connectivity index is 2.27. The van der Waals surface area contributed by atoms with E-state index in [0.29, 0.717) is 5.84 Å². The van der Waals surface area contributed by atoms with Gasteiger partial charge in [-0.15, -0.1) is 0 Å². The number of fused-ring (bicyclic) bond motifs is 1. The molecule has 0 radical (unpaired) electrons. The lowest BCUT2D eigenvalue weighted by molar-refractivity contribution is 0.310. The highest BCUT2D eigenvalue weighted by Crippen LogP contribution is 2.29. The van der Waals surface area contributed by atoms with Crippen molar-refractivity contribution in [2.45, 2.75) is 65.7 Å². The third-order valence-electron chi connectivity index (χ3n) is 5.02. The van der Waals surface area contributed by atoms with Gasteiger partial charge in [-0.2, -0.15) is 0 Å². The standard InChI is InChI=1S/C24H36N2O/c1-4-7-12-19-27-23-16-15-22(20-13-10-11-14-21(20)23)24(25)26(17-8-5-2)18-9-6-3/h10-11,13-16,25H,4-9,12,17-19H2,1-3H3. The van der Waals surface area contributed by atoms with Crippen molar-refractivity contribution in [1.29, 1.82) is 5.41 Å². The van der Waals surface area contributed by atoms with E-state index < -0.39 is 0 Å². The zero-order valence-electron chi connectivity index (χ0n) is 17.4. The predicted octanol–water partition coefficient (Wildman–Crippen LogP) is 6.64. The molecule has 0 bridgehead atoms. The Morgan fingerprint density at radius 1 is 0.815 bits per heavy atom. The third kappa shape index (κ3) is 5.98. The second kappa shape index (κ2) is 11.6. The Bertz CT molecular complexity index is 703. The Morgan fingerprint density at radius 2 is 1.44 bits per heavy atom. The molecule has 0 aliphatic carbocycles. The maximum atomic E-state index is 8.87. The third-order valence-corrected chi connectivity index (χ3v) is 5.02. The summed E-state index contributed by atoms with van der Waals surface area (Å²) in [4.78, 5) is 2.25. The Labute approximate surface area is 165 Å². The van der Waals surface area contributed by atoms with Gasteiger partial charge in [0.05, 0.1) is 6.61 Å². The molecule has 0 aromatic heterocycles. The number of amidine groups is 1. The van der Waals surface area contributed by atoms with Crippen molar-refractivity contribution in [3.8, 4) is 5.75 Å². The number of hydrogen-bond acceptors (Lipinski definition) is 2. The van der Waals surface area contributed by atoms with Crippen molar-refractivity contribution >= 4 is 16.6 Å². The molecule has 0 amide bonds. The highest BCUT2D eigenvalue weighted by Gasteiger charge is 2.15. The predicted molar refractivity (Wildman–Crippen MR) is 117 cm³/mol. The second-order valence-electron chi connectivity index (χ2n) is 7.26. The normalized spacial score (nSPS) is 10.9. The summed E-state index contributed by atoms with van der Waals surface area (Å²) in [5.41, 5.74) is 1.01. The first-order valence-corrected chi connectivity index (χ1v) is 10.7. The van der Waals surface area contributed by atoms with E-state index in [2.05, 4.69) is 62.1 Å². The smallest absolute Gasteiger partial charge is 0.128 e. The van der Waals surface area contributed by atoms with Crippen LogP contribution in [0, 0.1) is 5.41 Å². The summed E-state index contributed by atoms with van der Waals surface area (Å²) in [6, 6.07) is 12.5. The lowest BCUT2D eigenvalue weighted by Crippen LogP contribution is -2.33. The van der Waals surface area contributed by atoms with Crippen molar-refractivity contribution in [3.63, 3.8) is 0 Å². The molecule has 3 heteroatoms. The van der Waals surface area contributed by atoms with E-state index in [4.69, 9.17) is 10.1 Å². The van der Waals surface area contributed by atoms with Crippen LogP contribution >= 0.6 is 0 Å². The molecule has 0 unspecified atom stereocenters. The topological polar surface area (TPSA) is 36.3 Å². The maximum absolute atomic E-state index is 8.87. The van der Waals surface area contributed by atoms with Gasteiger partial charge in [-0.3, -0.25) is 5.41 Å². The number of nitrogens with zero attached hydrogens (tertiary/aromatic N) is 1. The average molecular weight is 369 g/mol. The van der Waals surface area contributed by atoms with Crippen LogP contribution in [0.4, 0.5) is 0 Å². The molecule has 0 aliphatic heterocycles. The number of hydrogen-bond donors (Lipinski definition) is 1. The molecule has 1 N–H and O–H groups in total. The zero-order chi connectivity index (χ0) is 19.5. The fourth-order valence-corrected chi connectivity index (χ4v) is 3.34. The summed E-state index contributed by atoms with van der Waals surface area (Å²) in [5.74, 6) is 1.58. The highest BCUT2D eigenvalue weighted by molar-refractivity contribution is 6.09. The monoisotopic (exact) mass is 368 g/mol. The van der Waals surface area contributed by atoms with Crippen LogP contribution in [0.5, 0.6) is 5.75 Å². The van der Waals surface area contributed by atoms with Gasteiger partial charge in [-0.25, -0.2) is 0 Å². The van der Waals surface area contributed by atoms with Gasteiger partial charge < -0.3 is 9.64 Å². The number of benzene rings is 2. The van der Waals surface area contributed by atoms with Crippen LogP contribution in [0.1, 0.15) is 71.3 Å². The van der Waals surface area contributed by atoms with Gasteiger partial charge >= 0.3 is 0 Å². The van der Waals surface area contributed by atoms with Gasteiger partial charge in [0.1, 0.15) is 11.6 Å². The van der Waals surface area contributed by atoms with Crippen LogP contribution in [-0.4, -0.2) is 30.4 Å². The molecule has 2 aromatic carbocycles. The van der Waals surface area contributed by atoms with Crippen molar-refractivity contribution in [1.82, 2.24) is 4.90 Å². The van der Waals surface area contributed by atoms with Crippen molar-refractivity contribution < 1.29 is 4.74 Å². The summed E-state index contributed by atoms with van der Waals surface area (Å²) < 4.78 is 6.06. The van der Waals surface area contributed by atoms with Crippen LogP contribution < -0.4 is 4.74 Å². The van der Waals surface area contributed by atoms with Gasteiger partial charge in [-0.05, 0) is 36.8 Å². The van der Waals surface area contributed by atoms with Crippen LogP contribution in [0.3, 0.4) is 0 Å². The summed E-state index contributed by atoms with van der Waals surface area (Å²) in [5, 5.41) is 11.1. The van der Waals surface area contributed by atoms with E-state index in [9.17, 15) is 0 Å². The van der Waals surface area contributed by atoms with Crippen molar-refractivity contribution in [2.24, 2.45) is 0 Å². The van der Waals surface area contributed by atoms with E-state index in [1.54, 1.807) is 0 Å². The lowest BCUT2D eigenvalue weighted by atomic mass is 10.0. The Kier molecular flexibility index (Phi) is 9.17. The van der Waals surface area contributed by atoms with Gasteiger partial charge in [0.15, 0.2) is 0 Å². The Hall–Kier alpha value is -2.03. The molecule has 0 atom stereocenters. The van der Waals surface area contributed by atoms with E-state index in [0.717, 1.165) is 73.9 Å². The van der Waals surface area contributed by atoms with E-state index in [1.165, 1.54) is 12.8 Å². The highest BCUT2D eigenvalue weighted by atomic mass is 16.5. The van der Waals surface area contributed by atoms with Gasteiger partial charge in [-0.1, -0.05) is 70.7 Å². The molecule has 2 aromatic rings. The molecule has 148 valence electrons. The van der Waals surface area contributed by atoms with Crippen LogP contribution in [0.25, 0.3) is 10.8 Å². The first-order valence-electron chi connectivity index (χ1n) is 10.7. The molecule has 0 spiro atoms. The fourth-order valence-electron chi connectivity index (χ4n) is 3.34. The largest absolute Gasteiger partial charge is 0.493 e. The minimum Gasteiger partial charge on any atom is -0.493 e. The summed E-state index contributed by atoms with van der Waals surface area (Å²) in [7, 11) is 0. The van der Waals surface area contributed by atoms with Crippen LogP contribution in [0.2, 0.25) is 0 Å². The molecule has 0 heterocycles. The molecule has 0 saturated carbocycles. The first-order chi connectivity index (χ1) is 13.2. The average Bonchev–Trinajstić information content (AvgIpc) is 2.71. The minimum atomic E-state index is 0.644. The number of nitrogens with one attached hydrogen (secondary N) is 1. The quantitative estimate of drug-likeness (QED) is 0.259. The lowest BCUT2D eigenvalue weighted by Gasteiger charge is -2.26. The summed E-state index contributed by atoms with van der Waals surface area (Å²) in [6.45, 7) is 9.30. The first kappa shape index (κ1) is 21.3.